The molecule has 132 valence electrons. The minimum absolute atomic E-state index is 0. The number of hydrogen-bond acceptors (Lipinski definition) is 4. The van der Waals surface area contributed by atoms with E-state index in [1.54, 1.807) is 0 Å². The molecule has 2 aliphatic heterocycles. The van der Waals surface area contributed by atoms with E-state index in [0.717, 1.165) is 32.7 Å². The molecule has 0 spiro atoms. The Morgan fingerprint density at radius 2 is 1.77 bits per heavy atom. The highest BCUT2D eigenvalue weighted by Gasteiger charge is 2.32. The van der Waals surface area contributed by atoms with Crippen molar-refractivity contribution in [3.63, 3.8) is 0 Å². The van der Waals surface area contributed by atoms with Crippen molar-refractivity contribution in [2.24, 2.45) is 5.41 Å². The highest BCUT2D eigenvalue weighted by molar-refractivity contribution is 5.85. The molecule has 1 amide bonds. The molecule has 5 nitrogen and oxygen atoms in total. The Kier molecular flexibility index (Phi) is 9.25. The fourth-order valence-corrected chi connectivity index (χ4v) is 2.81. The summed E-state index contributed by atoms with van der Waals surface area (Å²) in [6.45, 7) is 12.0. The van der Waals surface area contributed by atoms with Gasteiger partial charge in [-0.2, -0.15) is 0 Å². The lowest BCUT2D eigenvalue weighted by Gasteiger charge is -2.37. The van der Waals surface area contributed by atoms with Gasteiger partial charge in [0.1, 0.15) is 0 Å². The van der Waals surface area contributed by atoms with Crippen LogP contribution >= 0.6 is 24.8 Å². The lowest BCUT2D eigenvalue weighted by molar-refractivity contribution is -0.135. The first kappa shape index (κ1) is 21.9. The number of nitrogens with zero attached hydrogens (tertiary/aromatic N) is 2. The molecule has 2 unspecified atom stereocenters. The average molecular weight is 356 g/mol. The first-order valence-electron chi connectivity index (χ1n) is 7.78. The molecule has 0 bridgehead atoms. The predicted octanol–water partition coefficient (Wildman–Crippen LogP) is 1.13. The molecule has 2 fully saturated rings. The van der Waals surface area contributed by atoms with Crippen LogP contribution in [-0.4, -0.2) is 72.2 Å². The van der Waals surface area contributed by atoms with E-state index in [0.29, 0.717) is 18.4 Å². The van der Waals surface area contributed by atoms with Crippen LogP contribution in [0.1, 0.15) is 33.6 Å². The van der Waals surface area contributed by atoms with Crippen molar-refractivity contribution in [2.45, 2.75) is 45.8 Å². The Balaban J connectivity index is 0.00000220. The number of halogens is 2. The van der Waals surface area contributed by atoms with Crippen molar-refractivity contribution in [3.8, 4) is 0 Å². The number of carbonyl (C=O) groups excluding carboxylic acids is 1. The Morgan fingerprint density at radius 3 is 2.23 bits per heavy atom. The van der Waals surface area contributed by atoms with Gasteiger partial charge in [0.15, 0.2) is 0 Å². The smallest absolute Gasteiger partial charge is 0.239 e. The first-order chi connectivity index (χ1) is 9.35. The summed E-state index contributed by atoms with van der Waals surface area (Å²) in [4.78, 5) is 16.7. The summed E-state index contributed by atoms with van der Waals surface area (Å²) in [5, 5.41) is 12.6. The maximum absolute atomic E-state index is 12.3. The lowest BCUT2D eigenvalue weighted by atomic mass is 9.92. The molecule has 0 radical (unpaired) electrons. The Morgan fingerprint density at radius 1 is 1.18 bits per heavy atom. The molecule has 2 N–H and O–H groups in total. The number of piperazine rings is 1. The zero-order valence-electron chi connectivity index (χ0n) is 13.9. The van der Waals surface area contributed by atoms with Crippen molar-refractivity contribution in [2.75, 3.05) is 39.3 Å². The predicted molar refractivity (Wildman–Crippen MR) is 94.0 cm³/mol. The van der Waals surface area contributed by atoms with Crippen LogP contribution in [0.3, 0.4) is 0 Å². The number of rotatable bonds is 3. The zero-order valence-corrected chi connectivity index (χ0v) is 15.5. The molecule has 0 saturated carbocycles. The summed E-state index contributed by atoms with van der Waals surface area (Å²) in [5.41, 5.74) is 0.372. The van der Waals surface area contributed by atoms with Crippen molar-refractivity contribution in [3.05, 3.63) is 0 Å². The molecule has 22 heavy (non-hydrogen) atoms. The van der Waals surface area contributed by atoms with Crippen LogP contribution in [0.2, 0.25) is 0 Å². The van der Waals surface area contributed by atoms with E-state index >= 15 is 0 Å². The normalized spacial score (nSPS) is 26.3. The van der Waals surface area contributed by atoms with E-state index in [1.807, 2.05) is 4.90 Å². The van der Waals surface area contributed by atoms with Gasteiger partial charge in [0.05, 0.1) is 12.1 Å². The number of nitrogens with one attached hydrogen (secondary N) is 1. The van der Waals surface area contributed by atoms with Gasteiger partial charge in [0.25, 0.3) is 0 Å². The van der Waals surface area contributed by atoms with E-state index in [4.69, 9.17) is 0 Å². The van der Waals surface area contributed by atoms with Gasteiger partial charge in [0, 0.05) is 32.7 Å². The van der Waals surface area contributed by atoms with Crippen LogP contribution in [0.4, 0.5) is 0 Å². The van der Waals surface area contributed by atoms with E-state index in [2.05, 4.69) is 31.0 Å². The third-order valence-corrected chi connectivity index (χ3v) is 4.27. The summed E-state index contributed by atoms with van der Waals surface area (Å²) in [6, 6.07) is -0.175. The van der Waals surface area contributed by atoms with Crippen LogP contribution in [-0.2, 0) is 4.79 Å². The number of aliphatic hydroxyl groups excluding tert-OH is 1. The van der Waals surface area contributed by atoms with Gasteiger partial charge in [-0.1, -0.05) is 20.8 Å². The third-order valence-electron chi connectivity index (χ3n) is 4.27. The monoisotopic (exact) mass is 355 g/mol. The molecule has 0 aliphatic carbocycles. The number of β-amino-alcohol motifs (C(OH)–C–C–N with tert-alkyl or cyclic N) is 1. The van der Waals surface area contributed by atoms with E-state index < -0.39 is 0 Å². The van der Waals surface area contributed by atoms with Gasteiger partial charge in [-0.25, -0.2) is 0 Å². The van der Waals surface area contributed by atoms with Gasteiger partial charge in [0.2, 0.25) is 5.91 Å². The van der Waals surface area contributed by atoms with Gasteiger partial charge < -0.3 is 15.3 Å². The highest BCUT2D eigenvalue weighted by Crippen LogP contribution is 2.19. The molecular formula is C15H31Cl2N3O2. The summed E-state index contributed by atoms with van der Waals surface area (Å²) < 4.78 is 0. The van der Waals surface area contributed by atoms with Crippen LogP contribution in [0, 0.1) is 5.41 Å². The second-order valence-electron chi connectivity index (χ2n) is 7.33. The minimum Gasteiger partial charge on any atom is -0.392 e. The number of aliphatic hydroxyl groups is 1. The largest absolute Gasteiger partial charge is 0.392 e. The first-order valence-corrected chi connectivity index (χ1v) is 7.78. The topological polar surface area (TPSA) is 55.8 Å². The molecule has 2 aliphatic rings. The van der Waals surface area contributed by atoms with Crippen molar-refractivity contribution in [1.82, 2.24) is 15.1 Å². The standard InChI is InChI=1S/C15H29N3O2.2ClH/c1-15(2,3)4-5-17-6-8-18(9-7-17)14(20)13-10-12(19)11-16-13;;/h12-13,16,19H,4-11H2,1-3H3;2*1H. The van der Waals surface area contributed by atoms with Crippen LogP contribution < -0.4 is 5.32 Å². The second kappa shape index (κ2) is 9.28. The van der Waals surface area contributed by atoms with Crippen molar-refractivity contribution >= 4 is 30.7 Å². The Hall–Kier alpha value is -0.0700. The Bertz CT molecular complexity index is 342. The molecule has 2 rings (SSSR count). The maximum atomic E-state index is 12.3. The molecule has 0 aromatic carbocycles. The molecule has 2 heterocycles. The maximum Gasteiger partial charge on any atom is 0.239 e. The number of amides is 1. The molecule has 0 aromatic rings. The molecule has 2 atom stereocenters. The molecule has 0 aromatic heterocycles. The fraction of sp³-hybridized carbons (Fsp3) is 0.933. The number of carbonyl (C=O) groups is 1. The highest BCUT2D eigenvalue weighted by atomic mass is 35.5. The fourth-order valence-electron chi connectivity index (χ4n) is 2.81. The van der Waals surface area contributed by atoms with E-state index in [-0.39, 0.29) is 42.9 Å². The van der Waals surface area contributed by atoms with Gasteiger partial charge >= 0.3 is 0 Å². The summed E-state index contributed by atoms with van der Waals surface area (Å²) >= 11 is 0. The van der Waals surface area contributed by atoms with E-state index in [9.17, 15) is 9.90 Å². The van der Waals surface area contributed by atoms with E-state index in [1.165, 1.54) is 6.42 Å². The van der Waals surface area contributed by atoms with Gasteiger partial charge in [-0.15, -0.1) is 24.8 Å². The van der Waals surface area contributed by atoms with Crippen molar-refractivity contribution in [1.29, 1.82) is 0 Å². The quantitative estimate of drug-likeness (QED) is 0.796. The van der Waals surface area contributed by atoms with Gasteiger partial charge in [-0.05, 0) is 24.8 Å². The SMILES string of the molecule is CC(C)(C)CCN1CCN(C(=O)C2CC(O)CN2)CC1.Cl.Cl. The van der Waals surface area contributed by atoms with Crippen molar-refractivity contribution < 1.29 is 9.90 Å². The summed E-state index contributed by atoms with van der Waals surface area (Å²) in [7, 11) is 0. The lowest BCUT2D eigenvalue weighted by Crippen LogP contribution is -2.53. The molecular weight excluding hydrogens is 325 g/mol. The number of hydrogen-bond donors (Lipinski definition) is 2. The molecule has 7 heteroatoms. The zero-order chi connectivity index (χ0) is 14.8. The van der Waals surface area contributed by atoms with Crippen LogP contribution in [0.25, 0.3) is 0 Å². The summed E-state index contributed by atoms with van der Waals surface area (Å²) in [6.07, 6.45) is 1.39. The average Bonchev–Trinajstić information content (AvgIpc) is 2.82. The summed E-state index contributed by atoms with van der Waals surface area (Å²) in [5.74, 6) is 0.164. The second-order valence-corrected chi connectivity index (χ2v) is 7.33. The third kappa shape index (κ3) is 6.59. The van der Waals surface area contributed by atoms with Crippen LogP contribution in [0.15, 0.2) is 0 Å². The van der Waals surface area contributed by atoms with Crippen LogP contribution in [0.5, 0.6) is 0 Å². The minimum atomic E-state index is -0.364. The van der Waals surface area contributed by atoms with Gasteiger partial charge in [-0.3, -0.25) is 9.69 Å². The molecule has 2 saturated heterocycles. The Labute approximate surface area is 146 Å².